The smallest absolute Gasteiger partial charge is 0.275 e. The van der Waals surface area contributed by atoms with Crippen molar-refractivity contribution >= 4 is 17.6 Å². The lowest BCUT2D eigenvalue weighted by atomic mass is 10.1. The zero-order valence-corrected chi connectivity index (χ0v) is 12.2. The second-order valence-electron chi connectivity index (χ2n) is 4.94. The van der Waals surface area contributed by atoms with Crippen LogP contribution in [0.5, 0.6) is 5.75 Å². The summed E-state index contributed by atoms with van der Waals surface area (Å²) in [4.78, 5) is 13.9. The number of rotatable bonds is 3. The molecule has 1 aromatic carbocycles. The molecule has 0 fully saturated rings. The van der Waals surface area contributed by atoms with Crippen LogP contribution >= 0.6 is 11.7 Å². The molecular formula is C14H15N3O2S. The monoisotopic (exact) mass is 289 g/mol. The maximum Gasteiger partial charge on any atom is 0.275 e. The number of carbonyl (C=O) groups excluding carboxylic acids is 1. The number of aryl methyl sites for hydroxylation is 1. The number of nitrogens with zero attached hydrogens (tertiary/aromatic N) is 3. The number of para-hydroxylation sites is 1. The first-order valence-electron chi connectivity index (χ1n) is 6.44. The van der Waals surface area contributed by atoms with E-state index >= 15 is 0 Å². The number of hydrogen-bond acceptors (Lipinski definition) is 5. The molecule has 2 aromatic rings. The molecule has 0 spiro atoms. The van der Waals surface area contributed by atoms with Gasteiger partial charge in [0.05, 0.1) is 24.0 Å². The van der Waals surface area contributed by atoms with Gasteiger partial charge in [0.1, 0.15) is 11.9 Å². The number of likely N-dealkylation sites (N-methyl/N-ethyl adjacent to an activating group) is 1. The fraction of sp³-hybridized carbons (Fsp3) is 0.357. The van der Waals surface area contributed by atoms with Gasteiger partial charge in [-0.15, -0.1) is 0 Å². The number of benzene rings is 1. The van der Waals surface area contributed by atoms with Crippen molar-refractivity contribution in [2.75, 3.05) is 13.6 Å². The van der Waals surface area contributed by atoms with Crippen LogP contribution < -0.4 is 4.74 Å². The van der Waals surface area contributed by atoms with Gasteiger partial charge in [-0.05, 0) is 18.6 Å². The van der Waals surface area contributed by atoms with Gasteiger partial charge in [-0.3, -0.25) is 4.79 Å². The Morgan fingerprint density at radius 3 is 2.95 bits per heavy atom. The lowest BCUT2D eigenvalue weighted by molar-refractivity contribution is 0.0725. The molecule has 0 saturated heterocycles. The Hall–Kier alpha value is -1.95. The Bertz CT molecular complexity index is 616. The van der Waals surface area contributed by atoms with Crippen LogP contribution in [-0.4, -0.2) is 39.3 Å². The maximum atomic E-state index is 12.3. The van der Waals surface area contributed by atoms with Crippen molar-refractivity contribution in [2.24, 2.45) is 0 Å². The predicted molar refractivity (Wildman–Crippen MR) is 76.2 cm³/mol. The highest BCUT2D eigenvalue weighted by Gasteiger charge is 2.26. The Morgan fingerprint density at radius 1 is 1.45 bits per heavy atom. The van der Waals surface area contributed by atoms with Crippen molar-refractivity contribution in [3.63, 3.8) is 0 Å². The van der Waals surface area contributed by atoms with Crippen LogP contribution in [-0.2, 0) is 6.42 Å². The average Bonchev–Trinajstić information content (AvgIpc) is 3.03. The first-order chi connectivity index (χ1) is 9.65. The molecule has 5 nitrogen and oxygen atoms in total. The molecule has 1 amide bonds. The summed E-state index contributed by atoms with van der Waals surface area (Å²) in [6, 6.07) is 7.99. The number of amides is 1. The maximum absolute atomic E-state index is 12.3. The molecule has 0 N–H and O–H groups in total. The molecule has 2 heterocycles. The molecule has 1 aromatic heterocycles. The van der Waals surface area contributed by atoms with Crippen molar-refractivity contribution in [1.29, 1.82) is 0 Å². The summed E-state index contributed by atoms with van der Waals surface area (Å²) < 4.78 is 13.9. The van der Waals surface area contributed by atoms with E-state index in [0.29, 0.717) is 17.9 Å². The first-order valence-corrected chi connectivity index (χ1v) is 7.17. The molecule has 1 aliphatic heterocycles. The van der Waals surface area contributed by atoms with E-state index in [0.717, 1.165) is 23.9 Å². The van der Waals surface area contributed by atoms with Gasteiger partial charge in [-0.25, -0.2) is 0 Å². The summed E-state index contributed by atoms with van der Waals surface area (Å²) in [6.07, 6.45) is 0.843. The molecule has 3 rings (SSSR count). The number of aromatic nitrogens is 2. The molecule has 1 aliphatic rings. The minimum Gasteiger partial charge on any atom is -0.488 e. The molecule has 20 heavy (non-hydrogen) atoms. The second kappa shape index (κ2) is 5.20. The van der Waals surface area contributed by atoms with E-state index in [9.17, 15) is 4.79 Å². The summed E-state index contributed by atoms with van der Waals surface area (Å²) in [6.45, 7) is 2.34. The van der Waals surface area contributed by atoms with Crippen LogP contribution in [0.25, 0.3) is 0 Å². The third kappa shape index (κ3) is 2.38. The van der Waals surface area contributed by atoms with Gasteiger partial charge in [0.15, 0.2) is 5.69 Å². The summed E-state index contributed by atoms with van der Waals surface area (Å²) in [5.74, 6) is 0.820. The minimum atomic E-state index is -0.101. The van der Waals surface area contributed by atoms with Crippen LogP contribution in [0.1, 0.15) is 21.7 Å². The molecule has 0 aliphatic carbocycles. The van der Waals surface area contributed by atoms with Crippen molar-refractivity contribution < 1.29 is 9.53 Å². The topological polar surface area (TPSA) is 55.3 Å². The summed E-state index contributed by atoms with van der Waals surface area (Å²) in [5, 5.41) is 0. The Labute approximate surface area is 121 Å². The van der Waals surface area contributed by atoms with Crippen LogP contribution in [0.2, 0.25) is 0 Å². The van der Waals surface area contributed by atoms with Crippen molar-refractivity contribution in [1.82, 2.24) is 13.6 Å². The highest BCUT2D eigenvalue weighted by atomic mass is 32.1. The van der Waals surface area contributed by atoms with E-state index in [2.05, 4.69) is 14.8 Å². The third-order valence-corrected chi connectivity index (χ3v) is 4.01. The van der Waals surface area contributed by atoms with Crippen molar-refractivity contribution in [3.8, 4) is 5.75 Å². The Kier molecular flexibility index (Phi) is 3.40. The van der Waals surface area contributed by atoms with Gasteiger partial charge >= 0.3 is 0 Å². The van der Waals surface area contributed by atoms with Gasteiger partial charge in [-0.2, -0.15) is 8.75 Å². The predicted octanol–water partition coefficient (Wildman–Crippen LogP) is 1.92. The lowest BCUT2D eigenvalue weighted by Gasteiger charge is -2.20. The lowest BCUT2D eigenvalue weighted by Crippen LogP contribution is -2.36. The van der Waals surface area contributed by atoms with Crippen LogP contribution in [0.3, 0.4) is 0 Å². The van der Waals surface area contributed by atoms with Gasteiger partial charge in [0, 0.05) is 13.5 Å². The SMILES string of the molecule is Cc1nsnc1C(=O)N(C)CC1Cc2ccccc2O1. The standard InChI is InChI=1S/C14H15N3O2S/c1-9-13(16-20-15-9)14(18)17(2)8-11-7-10-5-3-4-6-12(10)19-11/h3-6,11H,7-8H2,1-2H3. The second-order valence-corrected chi connectivity index (χ2v) is 5.46. The highest BCUT2D eigenvalue weighted by Crippen LogP contribution is 2.28. The number of hydrogen-bond donors (Lipinski definition) is 0. The van der Waals surface area contributed by atoms with E-state index in [-0.39, 0.29) is 12.0 Å². The summed E-state index contributed by atoms with van der Waals surface area (Å²) in [5.41, 5.74) is 2.32. The largest absolute Gasteiger partial charge is 0.488 e. The number of ether oxygens (including phenoxy) is 1. The minimum absolute atomic E-state index is 0.00764. The fourth-order valence-corrected chi connectivity index (χ4v) is 2.89. The van der Waals surface area contributed by atoms with E-state index in [1.807, 2.05) is 18.2 Å². The zero-order chi connectivity index (χ0) is 14.1. The number of fused-ring (bicyclic) bond motifs is 1. The fourth-order valence-electron chi connectivity index (χ4n) is 2.35. The van der Waals surface area contributed by atoms with Gasteiger partial charge in [-0.1, -0.05) is 18.2 Å². The third-order valence-electron chi connectivity index (χ3n) is 3.39. The van der Waals surface area contributed by atoms with Crippen molar-refractivity contribution in [3.05, 3.63) is 41.2 Å². The quantitative estimate of drug-likeness (QED) is 0.866. The zero-order valence-electron chi connectivity index (χ0n) is 11.4. The summed E-state index contributed by atoms with van der Waals surface area (Å²) in [7, 11) is 1.77. The van der Waals surface area contributed by atoms with Gasteiger partial charge in [0.25, 0.3) is 5.91 Å². The molecule has 104 valence electrons. The van der Waals surface area contributed by atoms with Gasteiger partial charge < -0.3 is 9.64 Å². The highest BCUT2D eigenvalue weighted by molar-refractivity contribution is 6.99. The molecule has 0 radical (unpaired) electrons. The molecule has 0 bridgehead atoms. The summed E-state index contributed by atoms with van der Waals surface area (Å²) >= 11 is 1.07. The van der Waals surface area contributed by atoms with E-state index in [1.165, 1.54) is 5.56 Å². The van der Waals surface area contributed by atoms with Crippen LogP contribution in [0.4, 0.5) is 0 Å². The van der Waals surface area contributed by atoms with Gasteiger partial charge in [0.2, 0.25) is 0 Å². The Balaban J connectivity index is 1.65. The average molecular weight is 289 g/mol. The molecular weight excluding hydrogens is 274 g/mol. The van der Waals surface area contributed by atoms with E-state index < -0.39 is 0 Å². The molecule has 1 unspecified atom stereocenters. The Morgan fingerprint density at radius 2 is 2.25 bits per heavy atom. The molecule has 6 heteroatoms. The van der Waals surface area contributed by atoms with E-state index in [4.69, 9.17) is 4.74 Å². The van der Waals surface area contributed by atoms with Crippen LogP contribution in [0.15, 0.2) is 24.3 Å². The molecule has 1 atom stereocenters. The molecule has 0 saturated carbocycles. The van der Waals surface area contributed by atoms with E-state index in [1.54, 1.807) is 18.9 Å². The normalized spacial score (nSPS) is 16.6. The first kappa shape index (κ1) is 13.1. The van der Waals surface area contributed by atoms with Crippen molar-refractivity contribution in [2.45, 2.75) is 19.4 Å². The number of carbonyl (C=O) groups is 1. The van der Waals surface area contributed by atoms with Crippen LogP contribution in [0, 0.1) is 6.92 Å².